The average Bonchev–Trinajstić information content (AvgIpc) is 2.83. The molecule has 0 N–H and O–H groups in total. The Morgan fingerprint density at radius 1 is 1.12 bits per heavy atom. The average molecular weight is 335 g/mol. The van der Waals surface area contributed by atoms with E-state index >= 15 is 0 Å². The Bertz CT molecular complexity index is 755. The summed E-state index contributed by atoms with van der Waals surface area (Å²) in [4.78, 5) is 12.1. The fraction of sp³-hybridized carbons (Fsp3) is 0.500. The maximum atomic E-state index is 9.10. The molecule has 4 aliphatic rings. The molecule has 5 heteroatoms. The molecule has 0 bridgehead atoms. The van der Waals surface area contributed by atoms with Gasteiger partial charge in [-0.2, -0.15) is 5.26 Å². The topological polar surface area (TPSA) is 45.9 Å². The molecule has 1 spiro atoms. The van der Waals surface area contributed by atoms with Crippen molar-refractivity contribution >= 4 is 5.71 Å². The van der Waals surface area contributed by atoms with Gasteiger partial charge in [-0.05, 0) is 43.8 Å². The number of hydrogen-bond donors (Lipinski definition) is 0. The number of likely N-dealkylation sites (tertiary alicyclic amines) is 1. The van der Waals surface area contributed by atoms with Crippen LogP contribution in [0.15, 0.2) is 52.3 Å². The molecule has 0 aromatic rings. The van der Waals surface area contributed by atoms with Gasteiger partial charge in [0.05, 0.1) is 17.2 Å². The SMILES string of the molecule is CN1CCN(C2=C3CN(C)CC34C/C(=C/C#N)C=CC4=NC=C2)CC1. The summed E-state index contributed by atoms with van der Waals surface area (Å²) < 4.78 is 0. The van der Waals surface area contributed by atoms with Crippen LogP contribution >= 0.6 is 0 Å². The fourth-order valence-electron chi connectivity index (χ4n) is 4.58. The Morgan fingerprint density at radius 3 is 2.68 bits per heavy atom. The van der Waals surface area contributed by atoms with Crippen molar-refractivity contribution in [2.75, 3.05) is 53.4 Å². The third kappa shape index (κ3) is 2.76. The number of rotatable bonds is 1. The molecule has 0 amide bonds. The third-order valence-electron chi connectivity index (χ3n) is 5.85. The number of allylic oxidation sites excluding steroid dienone is 5. The predicted molar refractivity (Wildman–Crippen MR) is 100 cm³/mol. The minimum Gasteiger partial charge on any atom is -0.369 e. The van der Waals surface area contributed by atoms with Crippen LogP contribution < -0.4 is 0 Å². The van der Waals surface area contributed by atoms with Gasteiger partial charge in [0.1, 0.15) is 0 Å². The third-order valence-corrected chi connectivity index (χ3v) is 5.85. The van der Waals surface area contributed by atoms with E-state index in [1.165, 1.54) is 11.3 Å². The first-order valence-electron chi connectivity index (χ1n) is 9.00. The number of nitrogens with zero attached hydrogens (tertiary/aromatic N) is 5. The van der Waals surface area contributed by atoms with Crippen LogP contribution in [0, 0.1) is 16.7 Å². The van der Waals surface area contributed by atoms with Crippen molar-refractivity contribution in [2.45, 2.75) is 6.42 Å². The van der Waals surface area contributed by atoms with Crippen molar-refractivity contribution < 1.29 is 0 Å². The Morgan fingerprint density at radius 2 is 1.92 bits per heavy atom. The van der Waals surface area contributed by atoms with Gasteiger partial charge in [0.25, 0.3) is 0 Å². The second kappa shape index (κ2) is 6.29. The molecule has 130 valence electrons. The summed E-state index contributed by atoms with van der Waals surface area (Å²) in [5, 5.41) is 9.10. The first-order valence-corrected chi connectivity index (χ1v) is 9.00. The molecule has 3 aliphatic heterocycles. The summed E-state index contributed by atoms with van der Waals surface area (Å²) in [5.41, 5.74) is 4.98. The molecular weight excluding hydrogens is 310 g/mol. The van der Waals surface area contributed by atoms with Crippen LogP contribution in [0.3, 0.4) is 0 Å². The predicted octanol–water partition coefficient (Wildman–Crippen LogP) is 1.80. The highest BCUT2D eigenvalue weighted by atomic mass is 15.3. The summed E-state index contributed by atoms with van der Waals surface area (Å²) in [5.74, 6) is 0. The molecule has 25 heavy (non-hydrogen) atoms. The number of likely N-dealkylation sites (N-methyl/N-ethyl adjacent to an activating group) is 2. The second-order valence-corrected chi connectivity index (χ2v) is 7.60. The quantitative estimate of drug-likeness (QED) is 0.686. The molecular formula is C20H25N5. The van der Waals surface area contributed by atoms with Gasteiger partial charge in [0.15, 0.2) is 0 Å². The van der Waals surface area contributed by atoms with Gasteiger partial charge in [0, 0.05) is 57.2 Å². The molecule has 0 aromatic heterocycles. The standard InChI is InChI=1S/C20H25N5/c1-23-9-11-25(12-10-23)18-6-8-22-19-4-3-16(5-7-21)13-20(19)15-24(2)14-17(18)20/h3-6,8H,9-15H2,1-2H3/b16-5+. The summed E-state index contributed by atoms with van der Waals surface area (Å²) in [6, 6.07) is 2.20. The van der Waals surface area contributed by atoms with Crippen molar-refractivity contribution in [1.82, 2.24) is 14.7 Å². The highest BCUT2D eigenvalue weighted by molar-refractivity contribution is 6.05. The van der Waals surface area contributed by atoms with E-state index in [1.807, 2.05) is 6.20 Å². The van der Waals surface area contributed by atoms with Crippen LogP contribution in [-0.4, -0.2) is 73.8 Å². The minimum atomic E-state index is -0.0889. The molecule has 2 fully saturated rings. The van der Waals surface area contributed by atoms with E-state index in [1.54, 1.807) is 6.08 Å². The lowest BCUT2D eigenvalue weighted by molar-refractivity contribution is 0.188. The van der Waals surface area contributed by atoms with Crippen molar-refractivity contribution in [3.63, 3.8) is 0 Å². The van der Waals surface area contributed by atoms with E-state index in [2.05, 4.69) is 53.1 Å². The molecule has 1 atom stereocenters. The molecule has 2 saturated heterocycles. The van der Waals surface area contributed by atoms with Crippen LogP contribution in [0.25, 0.3) is 0 Å². The number of piperazine rings is 1. The maximum absolute atomic E-state index is 9.10. The number of aliphatic imine (C=N–C) groups is 1. The highest BCUT2D eigenvalue weighted by Gasteiger charge is 2.48. The lowest BCUT2D eigenvalue weighted by Gasteiger charge is -2.39. The number of nitriles is 1. The fourth-order valence-corrected chi connectivity index (χ4v) is 4.58. The largest absolute Gasteiger partial charge is 0.369 e. The Kier molecular flexibility index (Phi) is 4.10. The molecule has 4 rings (SSSR count). The smallest absolute Gasteiger partial charge is 0.0914 e. The van der Waals surface area contributed by atoms with Crippen molar-refractivity contribution in [3.05, 3.63) is 47.3 Å². The first-order chi connectivity index (χ1) is 12.1. The van der Waals surface area contributed by atoms with E-state index in [0.717, 1.165) is 57.0 Å². The van der Waals surface area contributed by atoms with Gasteiger partial charge in [-0.1, -0.05) is 6.08 Å². The molecule has 1 aliphatic carbocycles. The summed E-state index contributed by atoms with van der Waals surface area (Å²) >= 11 is 0. The van der Waals surface area contributed by atoms with Crippen molar-refractivity contribution in [2.24, 2.45) is 10.4 Å². The summed E-state index contributed by atoms with van der Waals surface area (Å²) in [6.07, 6.45) is 10.9. The summed E-state index contributed by atoms with van der Waals surface area (Å²) in [6.45, 7) is 6.25. The normalized spacial score (nSPS) is 31.6. The molecule has 0 saturated carbocycles. The van der Waals surface area contributed by atoms with Crippen LogP contribution in [0.1, 0.15) is 6.42 Å². The molecule has 5 nitrogen and oxygen atoms in total. The molecule has 0 radical (unpaired) electrons. The molecule has 3 heterocycles. The van der Waals surface area contributed by atoms with Crippen LogP contribution in [0.2, 0.25) is 0 Å². The van der Waals surface area contributed by atoms with Gasteiger partial charge < -0.3 is 14.7 Å². The summed E-state index contributed by atoms with van der Waals surface area (Å²) in [7, 11) is 4.38. The van der Waals surface area contributed by atoms with Crippen LogP contribution in [0.5, 0.6) is 0 Å². The van der Waals surface area contributed by atoms with E-state index in [0.29, 0.717) is 0 Å². The van der Waals surface area contributed by atoms with Crippen LogP contribution in [-0.2, 0) is 0 Å². The molecule has 0 aromatic carbocycles. The van der Waals surface area contributed by atoms with Crippen molar-refractivity contribution in [1.29, 1.82) is 5.26 Å². The Hall–Kier alpha value is -2.16. The monoisotopic (exact) mass is 335 g/mol. The van der Waals surface area contributed by atoms with Gasteiger partial charge >= 0.3 is 0 Å². The zero-order chi connectivity index (χ0) is 17.4. The minimum absolute atomic E-state index is 0.0889. The van der Waals surface area contributed by atoms with Crippen molar-refractivity contribution in [3.8, 4) is 6.07 Å². The zero-order valence-electron chi connectivity index (χ0n) is 15.1. The lowest BCUT2D eigenvalue weighted by atomic mass is 9.69. The van der Waals surface area contributed by atoms with Gasteiger partial charge in [-0.3, -0.25) is 4.99 Å². The zero-order valence-corrected chi connectivity index (χ0v) is 15.1. The van der Waals surface area contributed by atoms with Gasteiger partial charge in [-0.15, -0.1) is 0 Å². The first kappa shape index (κ1) is 16.3. The number of hydrogen-bond acceptors (Lipinski definition) is 5. The van der Waals surface area contributed by atoms with E-state index < -0.39 is 0 Å². The van der Waals surface area contributed by atoms with E-state index in [9.17, 15) is 0 Å². The maximum Gasteiger partial charge on any atom is 0.0914 e. The van der Waals surface area contributed by atoms with Crippen LogP contribution in [0.4, 0.5) is 0 Å². The Balaban J connectivity index is 1.80. The van der Waals surface area contributed by atoms with E-state index in [4.69, 9.17) is 10.3 Å². The van der Waals surface area contributed by atoms with Gasteiger partial charge in [-0.25, -0.2) is 0 Å². The second-order valence-electron chi connectivity index (χ2n) is 7.60. The highest BCUT2D eigenvalue weighted by Crippen LogP contribution is 2.47. The lowest BCUT2D eigenvalue weighted by Crippen LogP contribution is -2.45. The molecule has 1 unspecified atom stereocenters. The Labute approximate surface area is 149 Å². The van der Waals surface area contributed by atoms with E-state index in [-0.39, 0.29) is 5.41 Å². The van der Waals surface area contributed by atoms with Gasteiger partial charge in [0.2, 0.25) is 0 Å².